The van der Waals surface area contributed by atoms with Crippen molar-refractivity contribution in [3.8, 4) is 0 Å². The van der Waals surface area contributed by atoms with E-state index in [9.17, 15) is 4.79 Å². The summed E-state index contributed by atoms with van der Waals surface area (Å²) in [5, 5.41) is 3.73. The highest BCUT2D eigenvalue weighted by Crippen LogP contribution is 2.38. The van der Waals surface area contributed by atoms with Crippen molar-refractivity contribution in [2.45, 2.75) is 39.8 Å². The number of rotatable bonds is 2. The minimum Gasteiger partial charge on any atom is -0.302 e. The lowest BCUT2D eigenvalue weighted by Gasteiger charge is -2.39. The second-order valence-electron chi connectivity index (χ2n) is 6.92. The van der Waals surface area contributed by atoms with Gasteiger partial charge in [-0.15, -0.1) is 0 Å². The van der Waals surface area contributed by atoms with Gasteiger partial charge in [-0.2, -0.15) is 0 Å². The average Bonchev–Trinajstić information content (AvgIpc) is 2.55. The van der Waals surface area contributed by atoms with Gasteiger partial charge in [0.1, 0.15) is 5.78 Å². The van der Waals surface area contributed by atoms with Crippen molar-refractivity contribution in [3.63, 3.8) is 0 Å². The van der Waals surface area contributed by atoms with E-state index < -0.39 is 0 Å². The van der Waals surface area contributed by atoms with E-state index in [0.717, 1.165) is 0 Å². The molecule has 1 fully saturated rings. The van der Waals surface area contributed by atoms with E-state index in [-0.39, 0.29) is 23.9 Å². The van der Waals surface area contributed by atoms with Gasteiger partial charge in [0.25, 0.3) is 0 Å². The van der Waals surface area contributed by atoms with Gasteiger partial charge < -0.3 is 5.32 Å². The summed E-state index contributed by atoms with van der Waals surface area (Å²) in [6.07, 6.45) is 0. The molecule has 3 rings (SSSR count). The van der Waals surface area contributed by atoms with Gasteiger partial charge in [0.15, 0.2) is 0 Å². The van der Waals surface area contributed by atoms with Crippen LogP contribution in [0.25, 0.3) is 0 Å². The van der Waals surface area contributed by atoms with E-state index in [1.807, 2.05) is 13.8 Å². The van der Waals surface area contributed by atoms with Crippen LogP contribution >= 0.6 is 0 Å². The van der Waals surface area contributed by atoms with Crippen molar-refractivity contribution in [2.24, 2.45) is 11.8 Å². The van der Waals surface area contributed by atoms with Gasteiger partial charge in [-0.3, -0.25) is 4.79 Å². The maximum atomic E-state index is 12.8. The first kappa shape index (κ1) is 15.9. The van der Waals surface area contributed by atoms with Crippen molar-refractivity contribution >= 4 is 5.78 Å². The Labute approximate surface area is 138 Å². The molecule has 0 radical (unpaired) electrons. The van der Waals surface area contributed by atoms with Gasteiger partial charge in [0.2, 0.25) is 0 Å². The highest BCUT2D eigenvalue weighted by molar-refractivity contribution is 5.85. The molecule has 2 aromatic rings. The molecule has 0 aliphatic carbocycles. The number of hydrogen-bond acceptors (Lipinski definition) is 2. The van der Waals surface area contributed by atoms with Crippen LogP contribution in [0.15, 0.2) is 48.5 Å². The van der Waals surface area contributed by atoms with Crippen LogP contribution in [0.5, 0.6) is 0 Å². The molecule has 2 nitrogen and oxygen atoms in total. The fourth-order valence-corrected chi connectivity index (χ4v) is 3.54. The molecule has 1 aliphatic rings. The quantitative estimate of drug-likeness (QED) is 0.883. The van der Waals surface area contributed by atoms with Gasteiger partial charge in [0, 0.05) is 23.9 Å². The van der Waals surface area contributed by atoms with Gasteiger partial charge in [-0.05, 0) is 25.0 Å². The molecule has 1 heterocycles. The third-order valence-corrected chi connectivity index (χ3v) is 5.13. The first-order chi connectivity index (χ1) is 11.0. The van der Waals surface area contributed by atoms with Crippen molar-refractivity contribution < 1.29 is 4.79 Å². The standard InChI is InChI=1S/C21H25NO/c1-13-5-9-17(10-6-13)19-15(3)21(23)16(4)20(22-19)18-11-7-14(2)8-12-18/h5-12,15-16,19-20,22H,1-4H3/t15-,16+,19+,20-. The highest BCUT2D eigenvalue weighted by atomic mass is 16.1. The predicted molar refractivity (Wildman–Crippen MR) is 94.3 cm³/mol. The Bertz CT molecular complexity index is 627. The number of carbonyl (C=O) groups excluding carboxylic acids is 1. The molecule has 1 N–H and O–H groups in total. The summed E-state index contributed by atoms with van der Waals surface area (Å²) in [6, 6.07) is 17.2. The maximum Gasteiger partial charge on any atom is 0.142 e. The maximum absolute atomic E-state index is 12.8. The Morgan fingerprint density at radius 2 is 1.04 bits per heavy atom. The lowest BCUT2D eigenvalue weighted by molar-refractivity contribution is -0.130. The van der Waals surface area contributed by atoms with Crippen LogP contribution in [0.2, 0.25) is 0 Å². The predicted octanol–water partition coefficient (Wildman–Crippen LogP) is 4.53. The molecule has 2 aromatic carbocycles. The molecule has 0 amide bonds. The van der Waals surface area contributed by atoms with E-state index in [4.69, 9.17) is 0 Å². The summed E-state index contributed by atoms with van der Waals surface area (Å²) in [6.45, 7) is 8.26. The van der Waals surface area contributed by atoms with E-state index in [0.29, 0.717) is 5.78 Å². The third kappa shape index (κ3) is 3.09. The number of Topliss-reactive ketones (excluding diaryl/α,β-unsaturated/α-hetero) is 1. The molecule has 1 saturated heterocycles. The van der Waals surface area contributed by atoms with Crippen LogP contribution in [0.1, 0.15) is 48.2 Å². The van der Waals surface area contributed by atoms with Crippen LogP contribution in [0.4, 0.5) is 0 Å². The lowest BCUT2D eigenvalue weighted by Crippen LogP contribution is -2.46. The number of hydrogen-bond donors (Lipinski definition) is 1. The summed E-state index contributed by atoms with van der Waals surface area (Å²) >= 11 is 0. The number of benzene rings is 2. The Morgan fingerprint density at radius 1 is 0.696 bits per heavy atom. The second-order valence-corrected chi connectivity index (χ2v) is 6.92. The summed E-state index contributed by atoms with van der Waals surface area (Å²) < 4.78 is 0. The van der Waals surface area contributed by atoms with Gasteiger partial charge in [0.05, 0.1) is 0 Å². The molecule has 2 heteroatoms. The van der Waals surface area contributed by atoms with Crippen LogP contribution in [0, 0.1) is 25.7 Å². The minimum atomic E-state index is -0.00518. The number of ketones is 1. The topological polar surface area (TPSA) is 29.1 Å². The van der Waals surface area contributed by atoms with E-state index >= 15 is 0 Å². The Hall–Kier alpha value is -1.93. The molecular weight excluding hydrogens is 282 g/mol. The molecule has 0 bridgehead atoms. The third-order valence-electron chi connectivity index (χ3n) is 5.13. The Morgan fingerprint density at radius 3 is 1.39 bits per heavy atom. The number of nitrogens with one attached hydrogen (secondary N) is 1. The molecular formula is C21H25NO. The van der Waals surface area contributed by atoms with Crippen molar-refractivity contribution in [2.75, 3.05) is 0 Å². The van der Waals surface area contributed by atoms with Gasteiger partial charge in [-0.1, -0.05) is 73.5 Å². The van der Waals surface area contributed by atoms with Crippen molar-refractivity contribution in [3.05, 3.63) is 70.8 Å². The summed E-state index contributed by atoms with van der Waals surface area (Å²) in [4.78, 5) is 12.8. The van der Waals surface area contributed by atoms with Crippen LogP contribution in [-0.2, 0) is 4.79 Å². The largest absolute Gasteiger partial charge is 0.302 e. The van der Waals surface area contributed by atoms with Crippen LogP contribution < -0.4 is 5.32 Å². The van der Waals surface area contributed by atoms with E-state index in [1.165, 1.54) is 22.3 Å². The molecule has 4 atom stereocenters. The second kappa shape index (κ2) is 6.29. The Kier molecular flexibility index (Phi) is 4.36. The zero-order valence-electron chi connectivity index (χ0n) is 14.3. The van der Waals surface area contributed by atoms with Crippen molar-refractivity contribution in [1.82, 2.24) is 5.32 Å². The van der Waals surface area contributed by atoms with E-state index in [2.05, 4.69) is 67.7 Å². The van der Waals surface area contributed by atoms with Crippen molar-refractivity contribution in [1.29, 1.82) is 0 Å². The van der Waals surface area contributed by atoms with Crippen LogP contribution in [-0.4, -0.2) is 5.78 Å². The molecule has 0 spiro atoms. The molecule has 0 aromatic heterocycles. The zero-order chi connectivity index (χ0) is 16.6. The van der Waals surface area contributed by atoms with Gasteiger partial charge >= 0.3 is 0 Å². The average molecular weight is 307 g/mol. The normalized spacial score (nSPS) is 27.9. The summed E-state index contributed by atoms with van der Waals surface area (Å²) in [7, 11) is 0. The first-order valence-electron chi connectivity index (χ1n) is 8.40. The minimum absolute atomic E-state index is 0.00518. The molecule has 0 unspecified atom stereocenters. The molecule has 120 valence electrons. The number of piperidine rings is 1. The van der Waals surface area contributed by atoms with E-state index in [1.54, 1.807) is 0 Å². The fourth-order valence-electron chi connectivity index (χ4n) is 3.54. The zero-order valence-corrected chi connectivity index (χ0v) is 14.3. The SMILES string of the molecule is Cc1ccc([C@H]2N[C@@H](c3ccc(C)cc3)[C@H](C)C(=O)[C@@H]2C)cc1. The summed E-state index contributed by atoms with van der Waals surface area (Å²) in [5.74, 6) is 0.337. The molecule has 0 saturated carbocycles. The Balaban J connectivity index is 1.94. The lowest BCUT2D eigenvalue weighted by atomic mass is 9.76. The molecule has 23 heavy (non-hydrogen) atoms. The monoisotopic (exact) mass is 307 g/mol. The van der Waals surface area contributed by atoms with Gasteiger partial charge in [-0.25, -0.2) is 0 Å². The van der Waals surface area contributed by atoms with Crippen LogP contribution in [0.3, 0.4) is 0 Å². The molecule has 1 aliphatic heterocycles. The smallest absolute Gasteiger partial charge is 0.142 e. The summed E-state index contributed by atoms with van der Waals surface area (Å²) in [5.41, 5.74) is 4.87. The first-order valence-corrected chi connectivity index (χ1v) is 8.40. The number of aryl methyl sites for hydroxylation is 2. The number of carbonyl (C=O) groups is 1. The highest BCUT2D eigenvalue weighted by Gasteiger charge is 2.39. The fraction of sp³-hybridized carbons (Fsp3) is 0.381.